The first-order valence-electron chi connectivity index (χ1n) is 9.35. The van der Waals surface area contributed by atoms with E-state index in [1.165, 1.54) is 30.3 Å². The fourth-order valence-corrected chi connectivity index (χ4v) is 4.26. The van der Waals surface area contributed by atoms with Gasteiger partial charge in [-0.3, -0.25) is 9.10 Å². The van der Waals surface area contributed by atoms with Crippen molar-refractivity contribution in [2.75, 3.05) is 15.9 Å². The number of hydrogen-bond donors (Lipinski definition) is 1. The molecule has 0 spiro atoms. The number of halogens is 5. The lowest BCUT2D eigenvalue weighted by atomic mass is 10.1. The third kappa shape index (κ3) is 6.19. The van der Waals surface area contributed by atoms with E-state index >= 15 is 0 Å². The van der Waals surface area contributed by atoms with E-state index in [0.29, 0.717) is 10.6 Å². The summed E-state index contributed by atoms with van der Waals surface area (Å²) in [6.07, 6.45) is -3.68. The lowest BCUT2D eigenvalue weighted by Gasteiger charge is -2.23. The first-order valence-corrected chi connectivity index (χ1v) is 12.0. The number of carbonyl (C=O) groups excluding carboxylic acids is 1. The molecule has 1 amide bonds. The molecule has 3 rings (SSSR count). The van der Waals surface area contributed by atoms with Gasteiger partial charge in [-0.15, -0.1) is 0 Å². The number of anilines is 2. The maximum atomic E-state index is 13.3. The molecule has 3 aromatic carbocycles. The molecule has 0 atom stereocenters. The number of nitrogens with zero attached hydrogens (tertiary/aromatic N) is 1. The van der Waals surface area contributed by atoms with Gasteiger partial charge in [-0.1, -0.05) is 41.4 Å². The molecule has 0 bridgehead atoms. The normalized spacial score (nSPS) is 11.8. The second-order valence-electron chi connectivity index (χ2n) is 7.05. The molecule has 0 aromatic heterocycles. The average molecular weight is 517 g/mol. The summed E-state index contributed by atoms with van der Waals surface area (Å²) in [7, 11) is -3.70. The number of amides is 1. The highest BCUT2D eigenvalue weighted by Gasteiger charge is 2.34. The fraction of sp³-hybridized carbons (Fsp3) is 0.136. The van der Waals surface area contributed by atoms with E-state index in [1.54, 1.807) is 24.3 Å². The van der Waals surface area contributed by atoms with Gasteiger partial charge >= 0.3 is 6.18 Å². The summed E-state index contributed by atoms with van der Waals surface area (Å²) in [6, 6.07) is 15.2. The van der Waals surface area contributed by atoms with Crippen LogP contribution in [-0.2, 0) is 22.7 Å². The molecule has 0 heterocycles. The summed E-state index contributed by atoms with van der Waals surface area (Å²) in [5.74, 6) is -0.800. The van der Waals surface area contributed by atoms with Crippen LogP contribution >= 0.6 is 23.2 Å². The predicted molar refractivity (Wildman–Crippen MR) is 123 cm³/mol. The Morgan fingerprint density at radius 3 is 2.21 bits per heavy atom. The number of nitrogens with one attached hydrogen (secondary N) is 1. The van der Waals surface area contributed by atoms with Gasteiger partial charge in [0.1, 0.15) is 0 Å². The molecule has 174 valence electrons. The van der Waals surface area contributed by atoms with Gasteiger partial charge in [-0.2, -0.15) is 13.2 Å². The van der Waals surface area contributed by atoms with Crippen molar-refractivity contribution in [3.8, 4) is 0 Å². The Morgan fingerprint density at radius 1 is 1.00 bits per heavy atom. The van der Waals surface area contributed by atoms with Crippen LogP contribution in [0.2, 0.25) is 10.0 Å². The minimum absolute atomic E-state index is 0.0352. The Balaban J connectivity index is 1.86. The molecule has 0 radical (unpaired) electrons. The summed E-state index contributed by atoms with van der Waals surface area (Å²) < 4.78 is 65.6. The SMILES string of the molecule is CS(=O)(=O)N(Cc1ccccc1Cl)c1ccc(C(=O)Nc2ccc(Cl)cc2C(F)(F)F)cc1. The van der Waals surface area contributed by atoms with Gasteiger partial charge in [-0.25, -0.2) is 8.42 Å². The molecule has 3 aromatic rings. The van der Waals surface area contributed by atoms with Crippen molar-refractivity contribution in [1.82, 2.24) is 0 Å². The first-order chi connectivity index (χ1) is 15.4. The van der Waals surface area contributed by atoms with Gasteiger partial charge in [0.15, 0.2) is 0 Å². The lowest BCUT2D eigenvalue weighted by molar-refractivity contribution is -0.136. The Bertz CT molecular complexity index is 1280. The van der Waals surface area contributed by atoms with Crippen LogP contribution in [0.4, 0.5) is 24.5 Å². The molecular weight excluding hydrogens is 500 g/mol. The van der Waals surface area contributed by atoms with E-state index in [-0.39, 0.29) is 22.8 Å². The molecule has 0 aliphatic heterocycles. The molecule has 0 aliphatic rings. The minimum Gasteiger partial charge on any atom is -0.321 e. The third-order valence-corrected chi connectivity index (χ3v) is 6.37. The van der Waals surface area contributed by atoms with Crippen LogP contribution in [0.3, 0.4) is 0 Å². The minimum atomic E-state index is -4.72. The Morgan fingerprint density at radius 2 is 1.64 bits per heavy atom. The monoisotopic (exact) mass is 516 g/mol. The van der Waals surface area contributed by atoms with Crippen molar-refractivity contribution >= 4 is 50.5 Å². The van der Waals surface area contributed by atoms with Crippen LogP contribution in [0.5, 0.6) is 0 Å². The molecule has 5 nitrogen and oxygen atoms in total. The Labute approximate surface area is 198 Å². The van der Waals surface area contributed by atoms with Crippen LogP contribution in [-0.4, -0.2) is 20.6 Å². The van der Waals surface area contributed by atoms with E-state index in [9.17, 15) is 26.4 Å². The van der Waals surface area contributed by atoms with Crippen molar-refractivity contribution in [3.63, 3.8) is 0 Å². The molecule has 0 fully saturated rings. The molecule has 11 heteroatoms. The lowest BCUT2D eigenvalue weighted by Crippen LogP contribution is -2.29. The molecule has 0 unspecified atom stereocenters. The maximum Gasteiger partial charge on any atom is 0.418 e. The molecular formula is C22H17Cl2F3N2O3S. The summed E-state index contributed by atoms with van der Waals surface area (Å²) in [5, 5.41) is 2.49. The van der Waals surface area contributed by atoms with E-state index in [2.05, 4.69) is 5.32 Å². The van der Waals surface area contributed by atoms with Gasteiger partial charge in [-0.05, 0) is 54.1 Å². The number of hydrogen-bond acceptors (Lipinski definition) is 3. The fourth-order valence-electron chi connectivity index (χ4n) is 3.01. The number of carbonyl (C=O) groups is 1. The second-order valence-corrected chi connectivity index (χ2v) is 9.80. The highest BCUT2D eigenvalue weighted by atomic mass is 35.5. The largest absolute Gasteiger partial charge is 0.418 e. The highest BCUT2D eigenvalue weighted by Crippen LogP contribution is 2.36. The number of rotatable bonds is 6. The van der Waals surface area contributed by atoms with Gasteiger partial charge < -0.3 is 5.32 Å². The topological polar surface area (TPSA) is 66.5 Å². The number of sulfonamides is 1. The summed E-state index contributed by atoms with van der Waals surface area (Å²) in [5.41, 5.74) is -0.654. The van der Waals surface area contributed by atoms with Gasteiger partial charge in [0.2, 0.25) is 10.0 Å². The highest BCUT2D eigenvalue weighted by molar-refractivity contribution is 7.92. The van der Waals surface area contributed by atoms with Crippen LogP contribution in [0.1, 0.15) is 21.5 Å². The van der Waals surface area contributed by atoms with Crippen molar-refractivity contribution in [2.45, 2.75) is 12.7 Å². The maximum absolute atomic E-state index is 13.3. The van der Waals surface area contributed by atoms with Gasteiger partial charge in [0.25, 0.3) is 5.91 Å². The smallest absolute Gasteiger partial charge is 0.321 e. The summed E-state index contributed by atoms with van der Waals surface area (Å²) in [4.78, 5) is 12.5. The molecule has 0 aliphatic carbocycles. The quantitative estimate of drug-likeness (QED) is 0.422. The van der Waals surface area contributed by atoms with Crippen molar-refractivity contribution in [2.24, 2.45) is 0 Å². The Hall–Kier alpha value is -2.75. The standard InChI is InChI=1S/C22H17Cl2F3N2O3S/c1-33(31,32)29(13-15-4-2-3-5-19(15)24)17-9-6-14(7-10-17)21(30)28-20-11-8-16(23)12-18(20)22(25,26)27/h2-12H,13H2,1H3,(H,28,30). The predicted octanol–water partition coefficient (Wildman–Crippen LogP) is 6.23. The van der Waals surface area contributed by atoms with Crippen molar-refractivity contribution in [1.29, 1.82) is 0 Å². The van der Waals surface area contributed by atoms with Crippen molar-refractivity contribution < 1.29 is 26.4 Å². The summed E-state index contributed by atoms with van der Waals surface area (Å²) >= 11 is 11.8. The second kappa shape index (κ2) is 9.62. The van der Waals surface area contributed by atoms with E-state index in [1.807, 2.05) is 0 Å². The van der Waals surface area contributed by atoms with E-state index < -0.39 is 33.4 Å². The van der Waals surface area contributed by atoms with Gasteiger partial charge in [0.05, 0.1) is 29.7 Å². The first kappa shape index (κ1) is 24.9. The van der Waals surface area contributed by atoms with Crippen LogP contribution in [0.15, 0.2) is 66.7 Å². The molecule has 33 heavy (non-hydrogen) atoms. The van der Waals surface area contributed by atoms with Gasteiger partial charge in [0, 0.05) is 15.6 Å². The van der Waals surface area contributed by atoms with Crippen molar-refractivity contribution in [3.05, 3.63) is 93.5 Å². The molecule has 1 N–H and O–H groups in total. The number of benzene rings is 3. The van der Waals surface area contributed by atoms with E-state index in [4.69, 9.17) is 23.2 Å². The average Bonchev–Trinajstić information content (AvgIpc) is 2.73. The molecule has 0 saturated carbocycles. The van der Waals surface area contributed by atoms with Crippen LogP contribution in [0, 0.1) is 0 Å². The zero-order valence-electron chi connectivity index (χ0n) is 17.0. The zero-order valence-corrected chi connectivity index (χ0v) is 19.4. The van der Waals surface area contributed by atoms with Crippen LogP contribution < -0.4 is 9.62 Å². The van der Waals surface area contributed by atoms with Crippen LogP contribution in [0.25, 0.3) is 0 Å². The molecule has 0 saturated heterocycles. The summed E-state index contributed by atoms with van der Waals surface area (Å²) in [6.45, 7) is -0.0379. The third-order valence-electron chi connectivity index (χ3n) is 4.62. The Kier molecular flexibility index (Phi) is 7.26. The van der Waals surface area contributed by atoms with E-state index in [0.717, 1.165) is 22.7 Å². The zero-order chi connectivity index (χ0) is 24.4. The number of alkyl halides is 3.